The number of rotatable bonds is 9. The fourth-order valence-electron chi connectivity index (χ4n) is 2.52. The van der Waals surface area contributed by atoms with E-state index in [1.807, 2.05) is 6.92 Å². The normalized spacial score (nSPS) is 10.2. The molecular formula is C22H26ClN3O3S. The predicted molar refractivity (Wildman–Crippen MR) is 126 cm³/mol. The molecule has 160 valence electrons. The van der Waals surface area contributed by atoms with E-state index in [2.05, 4.69) is 22.9 Å². The van der Waals surface area contributed by atoms with Crippen LogP contribution in [0, 0.1) is 0 Å². The largest absolute Gasteiger partial charge is 0.494 e. The zero-order valence-corrected chi connectivity index (χ0v) is 18.7. The lowest BCUT2D eigenvalue weighted by atomic mass is 10.2. The maximum absolute atomic E-state index is 12.4. The van der Waals surface area contributed by atoms with Gasteiger partial charge in [0.2, 0.25) is 5.91 Å². The Balaban J connectivity index is 1.94. The molecule has 0 fully saturated rings. The molecule has 2 amide bonds. The van der Waals surface area contributed by atoms with Crippen molar-refractivity contribution in [2.24, 2.45) is 0 Å². The number of unbranched alkanes of at least 4 members (excludes halogenated alkanes) is 1. The number of carbonyl (C=O) groups excluding carboxylic acids is 2. The molecule has 0 aromatic heterocycles. The van der Waals surface area contributed by atoms with Crippen LogP contribution in [0.1, 0.15) is 49.9 Å². The number of ether oxygens (including phenoxy) is 1. The van der Waals surface area contributed by atoms with Gasteiger partial charge in [-0.05, 0) is 67.5 Å². The van der Waals surface area contributed by atoms with Gasteiger partial charge in [-0.1, -0.05) is 31.9 Å². The molecule has 0 saturated carbocycles. The van der Waals surface area contributed by atoms with Crippen molar-refractivity contribution in [1.82, 2.24) is 5.32 Å². The molecule has 3 N–H and O–H groups in total. The summed E-state index contributed by atoms with van der Waals surface area (Å²) in [4.78, 5) is 24.2. The van der Waals surface area contributed by atoms with Crippen LogP contribution in [0.15, 0.2) is 42.5 Å². The van der Waals surface area contributed by atoms with Gasteiger partial charge in [0, 0.05) is 17.7 Å². The van der Waals surface area contributed by atoms with Crippen LogP contribution in [0.4, 0.5) is 11.4 Å². The topological polar surface area (TPSA) is 79.5 Å². The zero-order valence-electron chi connectivity index (χ0n) is 17.1. The molecule has 0 aliphatic heterocycles. The maximum atomic E-state index is 12.4. The molecule has 0 heterocycles. The van der Waals surface area contributed by atoms with Crippen LogP contribution in [-0.4, -0.2) is 23.5 Å². The molecule has 2 rings (SSSR count). The van der Waals surface area contributed by atoms with E-state index in [1.54, 1.807) is 42.5 Å². The number of amides is 2. The van der Waals surface area contributed by atoms with Crippen LogP contribution in [0.25, 0.3) is 0 Å². The first-order valence-corrected chi connectivity index (χ1v) is 10.7. The Labute approximate surface area is 187 Å². The van der Waals surface area contributed by atoms with E-state index in [-0.39, 0.29) is 16.9 Å². The average Bonchev–Trinajstić information content (AvgIpc) is 2.71. The molecule has 0 aliphatic rings. The molecule has 6 nitrogen and oxygen atoms in total. The van der Waals surface area contributed by atoms with E-state index in [9.17, 15) is 9.59 Å². The van der Waals surface area contributed by atoms with Crippen molar-refractivity contribution in [2.75, 3.05) is 17.2 Å². The predicted octanol–water partition coefficient (Wildman–Crippen LogP) is 5.38. The van der Waals surface area contributed by atoms with Gasteiger partial charge in [-0.15, -0.1) is 0 Å². The Morgan fingerprint density at radius 1 is 1.03 bits per heavy atom. The van der Waals surface area contributed by atoms with Gasteiger partial charge in [-0.25, -0.2) is 0 Å². The van der Waals surface area contributed by atoms with Crippen LogP contribution in [0.5, 0.6) is 5.75 Å². The van der Waals surface area contributed by atoms with Crippen LogP contribution in [0.2, 0.25) is 5.02 Å². The summed E-state index contributed by atoms with van der Waals surface area (Å²) in [7, 11) is 0. The second-order valence-electron chi connectivity index (χ2n) is 6.63. The molecule has 0 unspecified atom stereocenters. The highest BCUT2D eigenvalue weighted by molar-refractivity contribution is 7.80. The summed E-state index contributed by atoms with van der Waals surface area (Å²) in [5, 5.41) is 8.82. The summed E-state index contributed by atoms with van der Waals surface area (Å²) in [6.45, 7) is 4.68. The van der Waals surface area contributed by atoms with E-state index in [4.69, 9.17) is 28.6 Å². The van der Waals surface area contributed by atoms with Crippen molar-refractivity contribution in [3.63, 3.8) is 0 Å². The lowest BCUT2D eigenvalue weighted by molar-refractivity contribution is -0.116. The summed E-state index contributed by atoms with van der Waals surface area (Å²) in [5.41, 5.74) is 1.53. The minimum Gasteiger partial charge on any atom is -0.494 e. The number of anilines is 2. The van der Waals surface area contributed by atoms with Gasteiger partial charge in [-0.3, -0.25) is 14.9 Å². The molecule has 2 aromatic carbocycles. The maximum Gasteiger partial charge on any atom is 0.257 e. The first-order valence-electron chi connectivity index (χ1n) is 9.87. The number of hydrogen-bond acceptors (Lipinski definition) is 4. The van der Waals surface area contributed by atoms with Gasteiger partial charge in [0.15, 0.2) is 5.11 Å². The molecule has 0 bridgehead atoms. The second-order valence-corrected chi connectivity index (χ2v) is 7.44. The highest BCUT2D eigenvalue weighted by Gasteiger charge is 2.11. The lowest BCUT2D eigenvalue weighted by Crippen LogP contribution is -2.34. The van der Waals surface area contributed by atoms with E-state index in [1.165, 1.54) is 0 Å². The van der Waals surface area contributed by atoms with E-state index in [0.717, 1.165) is 25.0 Å². The van der Waals surface area contributed by atoms with Crippen LogP contribution in [0.3, 0.4) is 0 Å². The van der Waals surface area contributed by atoms with Crippen molar-refractivity contribution in [3.05, 3.63) is 53.1 Å². The number of benzene rings is 2. The molecule has 0 aliphatic carbocycles. The van der Waals surface area contributed by atoms with Crippen LogP contribution < -0.4 is 20.7 Å². The van der Waals surface area contributed by atoms with Gasteiger partial charge in [0.25, 0.3) is 5.91 Å². The minimum absolute atomic E-state index is 0.0798. The summed E-state index contributed by atoms with van der Waals surface area (Å²) in [6.07, 6.45) is 3.23. The first-order chi connectivity index (χ1) is 14.4. The van der Waals surface area contributed by atoms with E-state index in [0.29, 0.717) is 35.0 Å². The summed E-state index contributed by atoms with van der Waals surface area (Å²) in [6, 6.07) is 11.9. The Morgan fingerprint density at radius 2 is 1.77 bits per heavy atom. The highest BCUT2D eigenvalue weighted by atomic mass is 35.5. The molecule has 0 atom stereocenters. The highest BCUT2D eigenvalue weighted by Crippen LogP contribution is 2.25. The summed E-state index contributed by atoms with van der Waals surface area (Å²) < 4.78 is 5.59. The zero-order chi connectivity index (χ0) is 21.9. The van der Waals surface area contributed by atoms with Crippen molar-refractivity contribution in [3.8, 4) is 5.75 Å². The summed E-state index contributed by atoms with van der Waals surface area (Å²) in [5.74, 6) is 0.286. The van der Waals surface area contributed by atoms with Crippen LogP contribution in [-0.2, 0) is 4.79 Å². The minimum atomic E-state index is -0.351. The first kappa shape index (κ1) is 23.6. The van der Waals surface area contributed by atoms with Crippen LogP contribution >= 0.6 is 23.8 Å². The number of thiocarbonyl (C=S) groups is 1. The smallest absolute Gasteiger partial charge is 0.257 e. The number of halogens is 1. The molecule has 0 spiro atoms. The molecule has 0 radical (unpaired) electrons. The summed E-state index contributed by atoms with van der Waals surface area (Å²) >= 11 is 11.4. The molecule has 8 heteroatoms. The molecule has 0 saturated heterocycles. The van der Waals surface area contributed by atoms with Crippen molar-refractivity contribution >= 4 is 52.1 Å². The van der Waals surface area contributed by atoms with E-state index >= 15 is 0 Å². The third-order valence-electron chi connectivity index (χ3n) is 4.09. The molecular weight excluding hydrogens is 422 g/mol. The quantitative estimate of drug-likeness (QED) is 0.355. The second kappa shape index (κ2) is 12.1. The van der Waals surface area contributed by atoms with Crippen molar-refractivity contribution in [2.45, 2.75) is 39.5 Å². The van der Waals surface area contributed by atoms with Gasteiger partial charge in [0.05, 0.1) is 17.3 Å². The van der Waals surface area contributed by atoms with Crippen molar-refractivity contribution in [1.29, 1.82) is 0 Å². The lowest BCUT2D eigenvalue weighted by Gasteiger charge is -2.13. The number of carbonyl (C=O) groups is 2. The third kappa shape index (κ3) is 7.65. The Hall–Kier alpha value is -2.64. The Kier molecular flexibility index (Phi) is 9.57. The Bertz CT molecular complexity index is 888. The Morgan fingerprint density at radius 3 is 2.43 bits per heavy atom. The van der Waals surface area contributed by atoms with Gasteiger partial charge < -0.3 is 15.4 Å². The number of hydrogen-bond donors (Lipinski definition) is 3. The third-order valence-corrected chi connectivity index (χ3v) is 4.62. The molecule has 2 aromatic rings. The monoisotopic (exact) mass is 447 g/mol. The van der Waals surface area contributed by atoms with E-state index < -0.39 is 0 Å². The van der Waals surface area contributed by atoms with Gasteiger partial charge in [-0.2, -0.15) is 0 Å². The fourth-order valence-corrected chi connectivity index (χ4v) is 2.88. The number of nitrogens with one attached hydrogen (secondary N) is 3. The van der Waals surface area contributed by atoms with Crippen molar-refractivity contribution < 1.29 is 14.3 Å². The van der Waals surface area contributed by atoms with Gasteiger partial charge in [0.1, 0.15) is 5.75 Å². The SMILES string of the molecule is CCCCOc1ccc(C(=O)NC(=S)Nc2cc(NC(=O)CCC)ccc2Cl)cc1. The standard InChI is InChI=1S/C22H26ClN3O3S/c1-3-5-13-29-17-10-7-15(8-11-17)21(28)26-22(30)25-19-14-16(9-12-18(19)23)24-20(27)6-4-2/h7-12,14H,3-6,13H2,1-2H3,(H,24,27)(H2,25,26,28,30). The molecule has 30 heavy (non-hydrogen) atoms. The fraction of sp³-hybridized carbons (Fsp3) is 0.318. The van der Waals surface area contributed by atoms with Gasteiger partial charge >= 0.3 is 0 Å². The average molecular weight is 448 g/mol.